The second-order valence-electron chi connectivity index (χ2n) is 6.97. The Bertz CT molecular complexity index is 394. The highest BCUT2D eigenvalue weighted by atomic mass is 16.5. The number of nitrogens with zero attached hydrogens (tertiary/aromatic N) is 1. The van der Waals surface area contributed by atoms with E-state index >= 15 is 0 Å². The van der Waals surface area contributed by atoms with Gasteiger partial charge in [-0.1, -0.05) is 6.92 Å². The predicted molar refractivity (Wildman–Crippen MR) is 90.1 cm³/mol. The summed E-state index contributed by atoms with van der Waals surface area (Å²) in [6.07, 6.45) is 8.80. The van der Waals surface area contributed by atoms with Crippen LogP contribution in [-0.4, -0.2) is 48.1 Å². The van der Waals surface area contributed by atoms with Crippen LogP contribution in [0.5, 0.6) is 0 Å². The van der Waals surface area contributed by atoms with Crippen molar-refractivity contribution in [2.24, 2.45) is 0 Å². The Morgan fingerprint density at radius 1 is 1.26 bits per heavy atom. The maximum Gasteiger partial charge on any atom is 0.243 e. The lowest BCUT2D eigenvalue weighted by molar-refractivity contribution is -0.142. The number of amides is 2. The third kappa shape index (κ3) is 5.48. The smallest absolute Gasteiger partial charge is 0.243 e. The largest absolute Gasteiger partial charge is 0.378 e. The number of hydrogen-bond donors (Lipinski definition) is 1. The van der Waals surface area contributed by atoms with E-state index in [2.05, 4.69) is 5.32 Å². The SMILES string of the molecule is CCCC(=O)N1CCCC[C@@H]1C(=O)N[C@@H](C)CC[C@H]1CCCO1. The summed E-state index contributed by atoms with van der Waals surface area (Å²) in [7, 11) is 0. The van der Waals surface area contributed by atoms with Crippen molar-refractivity contribution >= 4 is 11.8 Å². The molecule has 0 spiro atoms. The topological polar surface area (TPSA) is 58.6 Å². The summed E-state index contributed by atoms with van der Waals surface area (Å²) in [6.45, 7) is 5.65. The Morgan fingerprint density at radius 2 is 2.09 bits per heavy atom. The molecule has 0 aromatic carbocycles. The molecule has 23 heavy (non-hydrogen) atoms. The zero-order valence-corrected chi connectivity index (χ0v) is 14.7. The van der Waals surface area contributed by atoms with E-state index < -0.39 is 0 Å². The molecular formula is C18H32N2O3. The summed E-state index contributed by atoms with van der Waals surface area (Å²) in [5.74, 6) is 0.147. The van der Waals surface area contributed by atoms with Crippen LogP contribution >= 0.6 is 0 Å². The summed E-state index contributed by atoms with van der Waals surface area (Å²) < 4.78 is 5.63. The maximum atomic E-state index is 12.6. The molecule has 3 atom stereocenters. The average molecular weight is 324 g/mol. The third-order valence-corrected chi connectivity index (χ3v) is 4.92. The maximum absolute atomic E-state index is 12.6. The van der Waals surface area contributed by atoms with E-state index in [1.165, 1.54) is 0 Å². The van der Waals surface area contributed by atoms with Crippen LogP contribution < -0.4 is 5.32 Å². The van der Waals surface area contributed by atoms with E-state index in [-0.39, 0.29) is 23.9 Å². The fourth-order valence-corrected chi connectivity index (χ4v) is 3.58. The van der Waals surface area contributed by atoms with Gasteiger partial charge in [0.2, 0.25) is 11.8 Å². The van der Waals surface area contributed by atoms with Crippen molar-refractivity contribution in [2.75, 3.05) is 13.2 Å². The molecule has 5 nitrogen and oxygen atoms in total. The van der Waals surface area contributed by atoms with Gasteiger partial charge in [-0.15, -0.1) is 0 Å². The van der Waals surface area contributed by atoms with Crippen molar-refractivity contribution < 1.29 is 14.3 Å². The fourth-order valence-electron chi connectivity index (χ4n) is 3.58. The van der Waals surface area contributed by atoms with E-state index in [0.29, 0.717) is 12.5 Å². The van der Waals surface area contributed by atoms with Gasteiger partial charge in [0.1, 0.15) is 6.04 Å². The highest BCUT2D eigenvalue weighted by molar-refractivity contribution is 5.88. The lowest BCUT2D eigenvalue weighted by atomic mass is 9.99. The molecule has 132 valence electrons. The van der Waals surface area contributed by atoms with Gasteiger partial charge in [-0.3, -0.25) is 9.59 Å². The first-order valence-corrected chi connectivity index (χ1v) is 9.33. The van der Waals surface area contributed by atoms with Gasteiger partial charge >= 0.3 is 0 Å². The lowest BCUT2D eigenvalue weighted by Crippen LogP contribution is -2.53. The summed E-state index contributed by atoms with van der Waals surface area (Å²) in [5.41, 5.74) is 0. The number of hydrogen-bond acceptors (Lipinski definition) is 3. The van der Waals surface area contributed by atoms with Crippen LogP contribution in [0.15, 0.2) is 0 Å². The first-order valence-electron chi connectivity index (χ1n) is 9.33. The second-order valence-corrected chi connectivity index (χ2v) is 6.97. The van der Waals surface area contributed by atoms with Crippen LogP contribution in [0, 0.1) is 0 Å². The van der Waals surface area contributed by atoms with E-state index in [0.717, 1.165) is 64.5 Å². The molecular weight excluding hydrogens is 292 g/mol. The zero-order chi connectivity index (χ0) is 16.7. The molecule has 2 aliphatic heterocycles. The van der Waals surface area contributed by atoms with Gasteiger partial charge in [0, 0.05) is 25.6 Å². The van der Waals surface area contributed by atoms with Crippen molar-refractivity contribution in [3.05, 3.63) is 0 Å². The van der Waals surface area contributed by atoms with Crippen molar-refractivity contribution in [3.8, 4) is 0 Å². The summed E-state index contributed by atoms with van der Waals surface area (Å²) in [4.78, 5) is 26.6. The Labute approximate surface area is 140 Å². The van der Waals surface area contributed by atoms with Gasteiger partial charge in [0.05, 0.1) is 6.10 Å². The number of rotatable bonds is 7. The van der Waals surface area contributed by atoms with Crippen LogP contribution in [0.1, 0.15) is 71.6 Å². The number of piperidine rings is 1. The molecule has 5 heteroatoms. The monoisotopic (exact) mass is 324 g/mol. The van der Waals surface area contributed by atoms with Crippen LogP contribution in [0.3, 0.4) is 0 Å². The first kappa shape index (κ1) is 18.2. The minimum Gasteiger partial charge on any atom is -0.378 e. The highest BCUT2D eigenvalue weighted by Gasteiger charge is 2.32. The average Bonchev–Trinajstić information content (AvgIpc) is 3.06. The fraction of sp³-hybridized carbons (Fsp3) is 0.889. The Kier molecular flexibility index (Phi) is 7.34. The molecule has 2 rings (SSSR count). The van der Waals surface area contributed by atoms with Crippen LogP contribution in [0.2, 0.25) is 0 Å². The number of likely N-dealkylation sites (tertiary alicyclic amines) is 1. The van der Waals surface area contributed by atoms with Crippen LogP contribution in [0.25, 0.3) is 0 Å². The van der Waals surface area contributed by atoms with E-state index in [4.69, 9.17) is 4.74 Å². The first-order chi connectivity index (χ1) is 11.1. The lowest BCUT2D eigenvalue weighted by Gasteiger charge is -2.35. The number of nitrogens with one attached hydrogen (secondary N) is 1. The second kappa shape index (κ2) is 9.26. The molecule has 0 radical (unpaired) electrons. The minimum absolute atomic E-state index is 0.0222. The Morgan fingerprint density at radius 3 is 2.78 bits per heavy atom. The molecule has 0 unspecified atom stereocenters. The normalized spacial score (nSPS) is 26.1. The molecule has 1 N–H and O–H groups in total. The molecule has 0 aliphatic carbocycles. The van der Waals surface area contributed by atoms with E-state index in [9.17, 15) is 9.59 Å². The van der Waals surface area contributed by atoms with Gasteiger partial charge < -0.3 is 15.0 Å². The van der Waals surface area contributed by atoms with Crippen LogP contribution in [-0.2, 0) is 14.3 Å². The summed E-state index contributed by atoms with van der Waals surface area (Å²) >= 11 is 0. The summed E-state index contributed by atoms with van der Waals surface area (Å²) in [6, 6.07) is -0.135. The molecule has 0 aromatic rings. The predicted octanol–water partition coefficient (Wildman–Crippen LogP) is 2.63. The van der Waals surface area contributed by atoms with Crippen LogP contribution in [0.4, 0.5) is 0 Å². The van der Waals surface area contributed by atoms with Gasteiger partial charge in [-0.05, 0) is 58.3 Å². The standard InChI is InChI=1S/C18H32N2O3/c1-3-7-17(21)20-12-5-4-9-16(20)18(22)19-14(2)10-11-15-8-6-13-23-15/h14-16H,3-13H2,1-2H3,(H,19,22)/t14-,15+,16+/m0/s1. The summed E-state index contributed by atoms with van der Waals surface area (Å²) in [5, 5.41) is 3.11. The van der Waals surface area contributed by atoms with Gasteiger partial charge in [0.15, 0.2) is 0 Å². The van der Waals surface area contributed by atoms with Crippen molar-refractivity contribution in [2.45, 2.75) is 89.8 Å². The number of ether oxygens (including phenoxy) is 1. The van der Waals surface area contributed by atoms with Gasteiger partial charge in [0.25, 0.3) is 0 Å². The quantitative estimate of drug-likeness (QED) is 0.783. The molecule has 2 fully saturated rings. The molecule has 2 saturated heterocycles. The number of carbonyl (C=O) groups excluding carboxylic acids is 2. The molecule has 0 bridgehead atoms. The Hall–Kier alpha value is -1.10. The van der Waals surface area contributed by atoms with Crippen molar-refractivity contribution in [3.63, 3.8) is 0 Å². The minimum atomic E-state index is -0.270. The zero-order valence-electron chi connectivity index (χ0n) is 14.7. The highest BCUT2D eigenvalue weighted by Crippen LogP contribution is 2.20. The van der Waals surface area contributed by atoms with Crippen molar-refractivity contribution in [1.29, 1.82) is 0 Å². The Balaban J connectivity index is 1.80. The van der Waals surface area contributed by atoms with Gasteiger partial charge in [-0.25, -0.2) is 0 Å². The van der Waals surface area contributed by atoms with E-state index in [1.54, 1.807) is 4.90 Å². The molecule has 2 amide bonds. The van der Waals surface area contributed by atoms with E-state index in [1.807, 2.05) is 13.8 Å². The third-order valence-electron chi connectivity index (χ3n) is 4.92. The van der Waals surface area contributed by atoms with Crippen molar-refractivity contribution in [1.82, 2.24) is 10.2 Å². The number of carbonyl (C=O) groups is 2. The van der Waals surface area contributed by atoms with Gasteiger partial charge in [-0.2, -0.15) is 0 Å². The molecule has 2 aliphatic rings. The molecule has 0 aromatic heterocycles. The molecule has 2 heterocycles. The molecule has 0 saturated carbocycles.